The first-order chi connectivity index (χ1) is 21.3. The number of likely N-dealkylation sites (N-methyl/N-ethyl adjacent to an activating group) is 1. The Labute approximate surface area is 258 Å². The molecule has 0 amide bonds. The zero-order valence-corrected chi connectivity index (χ0v) is 25.8. The monoisotopic (exact) mass is 630 g/mol. The van der Waals surface area contributed by atoms with Gasteiger partial charge in [0, 0.05) is 74.4 Å². The Morgan fingerprint density at radius 1 is 1.04 bits per heavy atom. The summed E-state index contributed by atoms with van der Waals surface area (Å²) in [6.45, 7) is 7.59. The second-order valence-corrected chi connectivity index (χ2v) is 12.5. The molecule has 2 aliphatic heterocycles. The van der Waals surface area contributed by atoms with Gasteiger partial charge in [0.25, 0.3) is 0 Å². The van der Waals surface area contributed by atoms with Crippen LogP contribution in [0.4, 0.5) is 40.8 Å². The van der Waals surface area contributed by atoms with Gasteiger partial charge in [-0.25, -0.2) is 14.4 Å². The van der Waals surface area contributed by atoms with Crippen molar-refractivity contribution in [3.05, 3.63) is 36.7 Å². The van der Waals surface area contributed by atoms with Crippen molar-refractivity contribution >= 4 is 45.1 Å². The van der Waals surface area contributed by atoms with Gasteiger partial charge in [-0.2, -0.15) is 18.2 Å². The number of hydrogen-bond acceptors (Lipinski definition) is 9. The lowest BCUT2D eigenvalue weighted by Crippen LogP contribution is -2.52. The SMILES string of the molecule is CC(C)n1c2cc(Nc3ccnc(N4CCC(O)C(C)(F)C4)n3)ncc2c2c(OCC(F)(F)F)cc(N3CCN(C)CC3)cc21. The molecule has 3 aromatic heterocycles. The Hall–Kier alpha value is -3.91. The summed E-state index contributed by atoms with van der Waals surface area (Å²) < 4.78 is 62.4. The van der Waals surface area contributed by atoms with Crippen LogP contribution in [0.5, 0.6) is 5.75 Å². The Morgan fingerprint density at radius 3 is 2.49 bits per heavy atom. The normalized spacial score (nSPS) is 21.7. The predicted molar refractivity (Wildman–Crippen MR) is 167 cm³/mol. The van der Waals surface area contributed by atoms with Crippen molar-refractivity contribution in [3.63, 3.8) is 0 Å². The second-order valence-electron chi connectivity index (χ2n) is 12.5. The number of aliphatic hydroxyl groups excluding tert-OH is 1. The number of nitrogens with zero attached hydrogens (tertiary/aromatic N) is 7. The first kappa shape index (κ1) is 31.1. The van der Waals surface area contributed by atoms with E-state index in [9.17, 15) is 22.7 Å². The minimum absolute atomic E-state index is 0.0337. The molecule has 0 spiro atoms. The minimum Gasteiger partial charge on any atom is -0.483 e. The molecule has 2 atom stereocenters. The van der Waals surface area contributed by atoms with E-state index in [1.165, 1.54) is 6.92 Å². The maximum absolute atomic E-state index is 14.8. The van der Waals surface area contributed by atoms with Crippen LogP contribution >= 0.6 is 0 Å². The number of aromatic nitrogens is 4. The molecule has 2 fully saturated rings. The van der Waals surface area contributed by atoms with Crippen LogP contribution in [0.15, 0.2) is 36.7 Å². The molecule has 5 heterocycles. The van der Waals surface area contributed by atoms with Crippen molar-refractivity contribution in [1.82, 2.24) is 24.4 Å². The molecule has 2 unspecified atom stereocenters. The third-order valence-corrected chi connectivity index (χ3v) is 8.56. The lowest BCUT2D eigenvalue weighted by molar-refractivity contribution is -0.153. The van der Waals surface area contributed by atoms with E-state index in [0.29, 0.717) is 34.9 Å². The number of ether oxygens (including phenoxy) is 1. The summed E-state index contributed by atoms with van der Waals surface area (Å²) >= 11 is 0. The third-order valence-electron chi connectivity index (χ3n) is 8.56. The van der Waals surface area contributed by atoms with Crippen LogP contribution in [0.3, 0.4) is 0 Å². The zero-order chi connectivity index (χ0) is 32.1. The molecule has 14 heteroatoms. The van der Waals surface area contributed by atoms with Gasteiger partial charge in [0.05, 0.1) is 29.1 Å². The van der Waals surface area contributed by atoms with Gasteiger partial charge in [-0.15, -0.1) is 0 Å². The first-order valence-electron chi connectivity index (χ1n) is 15.1. The quantitative estimate of drug-likeness (QED) is 0.264. The fourth-order valence-electron chi connectivity index (χ4n) is 6.17. The number of nitrogens with one attached hydrogen (secondary N) is 1. The molecule has 2 N–H and O–H groups in total. The van der Waals surface area contributed by atoms with E-state index in [-0.39, 0.29) is 24.8 Å². The van der Waals surface area contributed by atoms with Crippen LogP contribution in [0.1, 0.15) is 33.2 Å². The van der Waals surface area contributed by atoms with Gasteiger partial charge in [-0.05, 0) is 46.4 Å². The summed E-state index contributed by atoms with van der Waals surface area (Å²) in [6, 6.07) is 7.22. The lowest BCUT2D eigenvalue weighted by Gasteiger charge is -2.38. The summed E-state index contributed by atoms with van der Waals surface area (Å²) in [6.07, 6.45) is -2.07. The number of piperazine rings is 1. The van der Waals surface area contributed by atoms with Crippen molar-refractivity contribution in [2.24, 2.45) is 0 Å². The van der Waals surface area contributed by atoms with E-state index in [1.807, 2.05) is 26.0 Å². The van der Waals surface area contributed by atoms with Crippen LogP contribution in [-0.2, 0) is 0 Å². The number of aliphatic hydroxyl groups is 1. The molecule has 4 aromatic rings. The Bertz CT molecular complexity index is 1680. The molecule has 0 bridgehead atoms. The number of anilines is 4. The van der Waals surface area contributed by atoms with Crippen molar-refractivity contribution in [3.8, 4) is 5.75 Å². The third kappa shape index (κ3) is 6.43. The van der Waals surface area contributed by atoms with Gasteiger partial charge in [-0.3, -0.25) is 0 Å². The predicted octanol–water partition coefficient (Wildman–Crippen LogP) is 5.30. The number of fused-ring (bicyclic) bond motifs is 3. The molecule has 2 aliphatic rings. The molecule has 45 heavy (non-hydrogen) atoms. The summed E-state index contributed by atoms with van der Waals surface area (Å²) in [5.74, 6) is 1.41. The Kier molecular flexibility index (Phi) is 8.14. The highest BCUT2D eigenvalue weighted by Gasteiger charge is 2.40. The highest BCUT2D eigenvalue weighted by Crippen LogP contribution is 2.42. The number of pyridine rings is 1. The van der Waals surface area contributed by atoms with Gasteiger partial charge in [-0.1, -0.05) is 0 Å². The average molecular weight is 631 g/mol. The van der Waals surface area contributed by atoms with Crippen molar-refractivity contribution in [2.45, 2.75) is 51.2 Å². The Balaban J connectivity index is 1.39. The highest BCUT2D eigenvalue weighted by molar-refractivity contribution is 6.12. The smallest absolute Gasteiger partial charge is 0.422 e. The van der Waals surface area contributed by atoms with E-state index in [1.54, 1.807) is 29.4 Å². The molecule has 0 radical (unpaired) electrons. The first-order valence-corrected chi connectivity index (χ1v) is 15.1. The number of hydrogen-bond donors (Lipinski definition) is 2. The van der Waals surface area contributed by atoms with E-state index in [0.717, 1.165) is 42.9 Å². The fourth-order valence-corrected chi connectivity index (χ4v) is 6.17. The number of alkyl halides is 4. The summed E-state index contributed by atoms with van der Waals surface area (Å²) in [7, 11) is 2.05. The van der Waals surface area contributed by atoms with Crippen LogP contribution in [0.2, 0.25) is 0 Å². The average Bonchev–Trinajstić information content (AvgIpc) is 3.31. The Morgan fingerprint density at radius 2 is 1.80 bits per heavy atom. The number of rotatable bonds is 7. The fraction of sp³-hybridized carbons (Fsp3) is 0.516. The molecule has 1 aromatic carbocycles. The second kappa shape index (κ2) is 11.8. The molecule has 0 saturated carbocycles. The van der Waals surface area contributed by atoms with Gasteiger partial charge in [0.1, 0.15) is 17.4 Å². The number of halogens is 4. The molecule has 2 saturated heterocycles. The number of piperidine rings is 1. The molecule has 0 aliphatic carbocycles. The molecule has 242 valence electrons. The van der Waals surface area contributed by atoms with Crippen LogP contribution < -0.4 is 19.9 Å². The van der Waals surface area contributed by atoms with Crippen molar-refractivity contribution < 1.29 is 27.4 Å². The molecular weight excluding hydrogens is 592 g/mol. The molecular formula is C31H38F4N8O2. The van der Waals surface area contributed by atoms with E-state index < -0.39 is 24.6 Å². The lowest BCUT2D eigenvalue weighted by atomic mass is 9.94. The summed E-state index contributed by atoms with van der Waals surface area (Å²) in [4.78, 5) is 19.6. The summed E-state index contributed by atoms with van der Waals surface area (Å²) in [5, 5.41) is 14.4. The standard InChI is InChI=1S/C31H38F4N8O2/c1-19(2)43-22-15-27(38-26-5-7-36-29(39-26)42-8-6-25(44)30(3,32)17-42)37-16-21(22)28-23(43)13-20(41-11-9-40(4)10-12-41)14-24(28)45-18-31(33,34)35/h5,7,13-16,19,25,44H,6,8-12,17-18H2,1-4H3,(H,36,37,38,39). The van der Waals surface area contributed by atoms with Gasteiger partial charge in [0.2, 0.25) is 5.95 Å². The van der Waals surface area contributed by atoms with Crippen LogP contribution in [0, 0.1) is 0 Å². The largest absolute Gasteiger partial charge is 0.483 e. The minimum atomic E-state index is -4.49. The zero-order valence-electron chi connectivity index (χ0n) is 25.8. The number of benzene rings is 1. The van der Waals surface area contributed by atoms with E-state index >= 15 is 0 Å². The maximum atomic E-state index is 14.8. The van der Waals surface area contributed by atoms with E-state index in [2.05, 4.69) is 41.7 Å². The van der Waals surface area contributed by atoms with Gasteiger partial charge < -0.3 is 34.4 Å². The molecule has 6 rings (SSSR count). The van der Waals surface area contributed by atoms with Gasteiger partial charge >= 0.3 is 6.18 Å². The highest BCUT2D eigenvalue weighted by atomic mass is 19.4. The van der Waals surface area contributed by atoms with E-state index in [4.69, 9.17) is 4.74 Å². The van der Waals surface area contributed by atoms with Gasteiger partial charge in [0.15, 0.2) is 12.3 Å². The van der Waals surface area contributed by atoms with Crippen molar-refractivity contribution in [1.29, 1.82) is 0 Å². The topological polar surface area (TPSA) is 94.8 Å². The van der Waals surface area contributed by atoms with Crippen LogP contribution in [-0.4, -0.2) is 100 Å². The van der Waals surface area contributed by atoms with Crippen LogP contribution in [0.25, 0.3) is 21.8 Å². The summed E-state index contributed by atoms with van der Waals surface area (Å²) in [5.41, 5.74) is 0.567. The van der Waals surface area contributed by atoms with Crippen molar-refractivity contribution in [2.75, 3.05) is 68.0 Å². The molecule has 10 nitrogen and oxygen atoms in total. The maximum Gasteiger partial charge on any atom is 0.422 e.